The molecule has 23 heavy (non-hydrogen) atoms. The van der Waals surface area contributed by atoms with Crippen LogP contribution in [0.25, 0.3) is 0 Å². The number of aromatic nitrogens is 1. The molecule has 0 unspecified atom stereocenters. The average molecular weight is 355 g/mol. The minimum absolute atomic E-state index is 0.182. The van der Waals surface area contributed by atoms with E-state index in [9.17, 15) is 9.59 Å². The number of methoxy groups -OCH3 is 2. The third-order valence-electron chi connectivity index (χ3n) is 2.81. The Morgan fingerprint density at radius 2 is 1.96 bits per heavy atom. The van der Waals surface area contributed by atoms with Gasteiger partial charge in [-0.15, -0.1) is 11.3 Å². The van der Waals surface area contributed by atoms with Crippen LogP contribution in [0.15, 0.2) is 16.9 Å². The van der Waals surface area contributed by atoms with Gasteiger partial charge in [0.25, 0.3) is 0 Å². The van der Waals surface area contributed by atoms with Crippen LogP contribution in [-0.4, -0.2) is 36.4 Å². The zero-order valence-corrected chi connectivity index (χ0v) is 14.1. The molecule has 0 aliphatic heterocycles. The molecular weight excluding hydrogens is 342 g/mol. The molecule has 0 saturated heterocycles. The van der Waals surface area contributed by atoms with Crippen LogP contribution >= 0.6 is 23.6 Å². The maximum absolute atomic E-state index is 12.0. The van der Waals surface area contributed by atoms with Crippen LogP contribution in [0.4, 0.5) is 10.8 Å². The summed E-state index contributed by atoms with van der Waals surface area (Å²) in [5.41, 5.74) is 0.683. The summed E-state index contributed by atoms with van der Waals surface area (Å²) in [7, 11) is 2.52. The average Bonchev–Trinajstić information content (AvgIpc) is 3.14. The second kappa shape index (κ2) is 7.20. The van der Waals surface area contributed by atoms with E-state index in [0.29, 0.717) is 21.3 Å². The minimum atomic E-state index is -0.583. The van der Waals surface area contributed by atoms with Crippen molar-refractivity contribution in [1.82, 2.24) is 5.16 Å². The Labute approximate surface area is 140 Å². The fourth-order valence-corrected chi connectivity index (χ4v) is 3.15. The number of esters is 2. The first-order valence-electron chi connectivity index (χ1n) is 6.26. The Hall–Kier alpha value is -2.46. The summed E-state index contributed by atoms with van der Waals surface area (Å²) in [4.78, 5) is 24.1. The van der Waals surface area contributed by atoms with Gasteiger partial charge >= 0.3 is 11.9 Å². The molecule has 0 spiro atoms. The second-order valence-electron chi connectivity index (χ2n) is 4.21. The molecule has 122 valence electrons. The normalized spacial score (nSPS) is 10.0. The summed E-state index contributed by atoms with van der Waals surface area (Å²) < 4.78 is 14.1. The van der Waals surface area contributed by atoms with Crippen LogP contribution in [0.5, 0.6) is 0 Å². The van der Waals surface area contributed by atoms with Crippen molar-refractivity contribution in [2.75, 3.05) is 24.9 Å². The van der Waals surface area contributed by atoms with Gasteiger partial charge in [0.15, 0.2) is 10.9 Å². The van der Waals surface area contributed by atoms with Gasteiger partial charge in [-0.25, -0.2) is 9.59 Å². The third kappa shape index (κ3) is 3.66. The van der Waals surface area contributed by atoms with Crippen LogP contribution in [0.3, 0.4) is 0 Å². The second-order valence-corrected chi connectivity index (χ2v) is 5.64. The summed E-state index contributed by atoms with van der Waals surface area (Å²) in [5, 5.41) is 9.85. The third-order valence-corrected chi connectivity index (χ3v) is 4.20. The zero-order chi connectivity index (χ0) is 17.0. The van der Waals surface area contributed by atoms with E-state index in [1.165, 1.54) is 20.5 Å². The molecule has 0 aliphatic rings. The highest BCUT2D eigenvalue weighted by Crippen LogP contribution is 2.34. The standard InChI is InChI=1S/C13H13N3O5S2/c1-6-8(11(17)19-2)10(23-9(6)12(18)20-3)15-13(22)14-7-4-5-21-16-7/h4-5H,1-3H3,(H2,14,15,16,22). The Morgan fingerprint density at radius 1 is 1.26 bits per heavy atom. The topological polar surface area (TPSA) is 103 Å². The molecule has 10 heteroatoms. The molecule has 0 saturated carbocycles. The number of rotatable bonds is 4. The number of thiophene rings is 1. The lowest BCUT2D eigenvalue weighted by molar-refractivity contribution is 0.0601. The molecule has 2 N–H and O–H groups in total. The highest BCUT2D eigenvalue weighted by molar-refractivity contribution is 7.80. The lowest BCUT2D eigenvalue weighted by atomic mass is 10.1. The van der Waals surface area contributed by atoms with Crippen molar-refractivity contribution in [3.8, 4) is 0 Å². The molecule has 2 heterocycles. The molecule has 0 aromatic carbocycles. The van der Waals surface area contributed by atoms with Gasteiger partial charge in [0, 0.05) is 6.07 Å². The van der Waals surface area contributed by atoms with Gasteiger partial charge in [-0.3, -0.25) is 0 Å². The van der Waals surface area contributed by atoms with Gasteiger partial charge in [-0.05, 0) is 24.7 Å². The number of anilines is 2. The van der Waals surface area contributed by atoms with E-state index in [2.05, 4.69) is 20.3 Å². The number of ether oxygens (including phenoxy) is 2. The minimum Gasteiger partial charge on any atom is -0.465 e. The van der Waals surface area contributed by atoms with Crippen LogP contribution in [0.2, 0.25) is 0 Å². The predicted octanol–water partition coefficient (Wildman–Crippen LogP) is 2.43. The molecule has 0 amide bonds. The first-order valence-corrected chi connectivity index (χ1v) is 7.48. The molecule has 0 fully saturated rings. The van der Waals surface area contributed by atoms with Crippen LogP contribution < -0.4 is 10.6 Å². The van der Waals surface area contributed by atoms with E-state index < -0.39 is 11.9 Å². The highest BCUT2D eigenvalue weighted by Gasteiger charge is 2.26. The zero-order valence-electron chi connectivity index (χ0n) is 12.5. The molecule has 0 bridgehead atoms. The van der Waals surface area contributed by atoms with Crippen molar-refractivity contribution in [3.05, 3.63) is 28.3 Å². The molecule has 2 aromatic rings. The van der Waals surface area contributed by atoms with E-state index in [-0.39, 0.29) is 10.7 Å². The van der Waals surface area contributed by atoms with Gasteiger partial charge in [0.1, 0.15) is 16.1 Å². The lowest BCUT2D eigenvalue weighted by Gasteiger charge is -2.08. The summed E-state index contributed by atoms with van der Waals surface area (Å²) in [6.07, 6.45) is 1.38. The smallest absolute Gasteiger partial charge is 0.348 e. The number of nitrogens with one attached hydrogen (secondary N) is 2. The molecule has 2 rings (SSSR count). The largest absolute Gasteiger partial charge is 0.465 e. The van der Waals surface area contributed by atoms with E-state index >= 15 is 0 Å². The Bertz CT molecular complexity index is 739. The summed E-state index contributed by atoms with van der Waals surface area (Å²) in [5.74, 6) is -0.717. The summed E-state index contributed by atoms with van der Waals surface area (Å²) in [6, 6.07) is 1.58. The molecule has 0 aliphatic carbocycles. The number of nitrogens with zero attached hydrogens (tertiary/aromatic N) is 1. The number of thiocarbonyl (C=S) groups is 1. The van der Waals surface area contributed by atoms with Crippen molar-refractivity contribution >= 4 is 51.4 Å². The number of carbonyl (C=O) groups is 2. The van der Waals surface area contributed by atoms with Crippen molar-refractivity contribution < 1.29 is 23.6 Å². The quantitative estimate of drug-likeness (QED) is 0.632. The van der Waals surface area contributed by atoms with Gasteiger partial charge in [-0.2, -0.15) is 0 Å². The predicted molar refractivity (Wildman–Crippen MR) is 88.1 cm³/mol. The van der Waals surface area contributed by atoms with Crippen LogP contribution in [0, 0.1) is 6.92 Å². The van der Waals surface area contributed by atoms with Crippen molar-refractivity contribution in [2.45, 2.75) is 6.92 Å². The molecule has 8 nitrogen and oxygen atoms in total. The monoisotopic (exact) mass is 355 g/mol. The van der Waals surface area contributed by atoms with E-state index in [0.717, 1.165) is 11.3 Å². The number of hydrogen-bond donors (Lipinski definition) is 2. The van der Waals surface area contributed by atoms with E-state index in [4.69, 9.17) is 21.7 Å². The lowest BCUT2D eigenvalue weighted by Crippen LogP contribution is -2.20. The molecule has 0 radical (unpaired) electrons. The fourth-order valence-electron chi connectivity index (χ4n) is 1.76. The maximum Gasteiger partial charge on any atom is 0.348 e. The van der Waals surface area contributed by atoms with Crippen LogP contribution in [0.1, 0.15) is 25.6 Å². The summed E-state index contributed by atoms with van der Waals surface area (Å²) in [6.45, 7) is 1.63. The Balaban J connectivity index is 2.30. The molecular formula is C13H13N3O5S2. The van der Waals surface area contributed by atoms with Gasteiger partial charge in [0.2, 0.25) is 0 Å². The SMILES string of the molecule is COC(=O)c1sc(NC(=S)Nc2ccon2)c(C(=O)OC)c1C. The first-order chi connectivity index (χ1) is 11.0. The van der Waals surface area contributed by atoms with Crippen LogP contribution in [-0.2, 0) is 9.47 Å². The maximum atomic E-state index is 12.0. The number of carbonyl (C=O) groups excluding carboxylic acids is 2. The fraction of sp³-hybridized carbons (Fsp3) is 0.231. The Kier molecular flexibility index (Phi) is 5.29. The van der Waals surface area contributed by atoms with Crippen molar-refractivity contribution in [1.29, 1.82) is 0 Å². The van der Waals surface area contributed by atoms with E-state index in [1.807, 2.05) is 0 Å². The number of hydrogen-bond acceptors (Lipinski definition) is 8. The molecule has 0 atom stereocenters. The van der Waals surface area contributed by atoms with Gasteiger partial charge in [-0.1, -0.05) is 5.16 Å². The van der Waals surface area contributed by atoms with Gasteiger partial charge in [0.05, 0.1) is 19.8 Å². The Morgan fingerprint density at radius 3 is 2.52 bits per heavy atom. The highest BCUT2D eigenvalue weighted by atomic mass is 32.1. The summed E-state index contributed by atoms with van der Waals surface area (Å²) >= 11 is 6.19. The van der Waals surface area contributed by atoms with Crippen molar-refractivity contribution in [2.24, 2.45) is 0 Å². The van der Waals surface area contributed by atoms with E-state index in [1.54, 1.807) is 13.0 Å². The molecule has 2 aromatic heterocycles. The first kappa shape index (κ1) is 16.9. The van der Waals surface area contributed by atoms with Crippen molar-refractivity contribution in [3.63, 3.8) is 0 Å². The van der Waals surface area contributed by atoms with Gasteiger partial charge < -0.3 is 24.6 Å².